The van der Waals surface area contributed by atoms with Gasteiger partial charge in [-0.05, 0) is 48.8 Å². The number of nitrogens with zero attached hydrogens (tertiary/aromatic N) is 3. The first-order valence-electron chi connectivity index (χ1n) is 5.20. The quantitative estimate of drug-likeness (QED) is 0.800. The summed E-state index contributed by atoms with van der Waals surface area (Å²) in [6.45, 7) is 5.41. The number of rotatable bonds is 2. The van der Waals surface area contributed by atoms with E-state index in [-0.39, 0.29) is 5.78 Å². The predicted molar refractivity (Wildman–Crippen MR) is 68.5 cm³/mol. The third-order valence-corrected chi connectivity index (χ3v) is 3.72. The smallest absolute Gasteiger partial charge is 0.159 e. The first-order valence-corrected chi connectivity index (χ1v) is 5.99. The molecular formula is C12H12BrN3O. The summed E-state index contributed by atoms with van der Waals surface area (Å²) in [6.07, 6.45) is 1.62. The molecule has 0 aliphatic rings. The van der Waals surface area contributed by atoms with E-state index in [0.29, 0.717) is 11.4 Å². The number of hydrogen-bond acceptors (Lipinski definition) is 3. The lowest BCUT2D eigenvalue weighted by Gasteiger charge is -2.04. The van der Waals surface area contributed by atoms with Gasteiger partial charge in [0, 0.05) is 11.8 Å². The molecule has 17 heavy (non-hydrogen) atoms. The van der Waals surface area contributed by atoms with Crippen molar-refractivity contribution in [2.24, 2.45) is 0 Å². The van der Waals surface area contributed by atoms with Crippen LogP contribution in [-0.4, -0.2) is 20.5 Å². The molecule has 0 aromatic carbocycles. The second-order valence-electron chi connectivity index (χ2n) is 3.86. The largest absolute Gasteiger partial charge is 0.295 e. The number of pyridine rings is 1. The van der Waals surface area contributed by atoms with E-state index in [0.717, 1.165) is 15.9 Å². The molecule has 0 aliphatic heterocycles. The van der Waals surface area contributed by atoms with Crippen molar-refractivity contribution in [3.8, 4) is 5.82 Å². The molecule has 2 aromatic heterocycles. The molecule has 0 radical (unpaired) electrons. The fraction of sp³-hybridized carbons (Fsp3) is 0.250. The van der Waals surface area contributed by atoms with Crippen LogP contribution in [0.25, 0.3) is 5.82 Å². The van der Waals surface area contributed by atoms with Crippen molar-refractivity contribution in [3.63, 3.8) is 0 Å². The van der Waals surface area contributed by atoms with Crippen molar-refractivity contribution in [1.82, 2.24) is 14.8 Å². The van der Waals surface area contributed by atoms with Crippen LogP contribution in [-0.2, 0) is 0 Å². The van der Waals surface area contributed by atoms with Gasteiger partial charge in [-0.1, -0.05) is 0 Å². The Balaban J connectivity index is 2.56. The number of aromatic nitrogens is 3. The van der Waals surface area contributed by atoms with Gasteiger partial charge in [-0.2, -0.15) is 5.10 Å². The molecule has 0 fully saturated rings. The number of carbonyl (C=O) groups excluding carboxylic acids is 1. The van der Waals surface area contributed by atoms with Crippen LogP contribution >= 0.6 is 15.9 Å². The molecule has 88 valence electrons. The summed E-state index contributed by atoms with van der Waals surface area (Å²) in [7, 11) is 0. The Labute approximate surface area is 108 Å². The number of hydrogen-bond donors (Lipinski definition) is 0. The highest BCUT2D eigenvalue weighted by Crippen LogP contribution is 2.22. The number of carbonyl (C=O) groups is 1. The summed E-state index contributed by atoms with van der Waals surface area (Å²) >= 11 is 3.47. The highest BCUT2D eigenvalue weighted by atomic mass is 79.9. The topological polar surface area (TPSA) is 47.8 Å². The predicted octanol–water partition coefficient (Wildman–Crippen LogP) is 2.85. The van der Waals surface area contributed by atoms with E-state index in [9.17, 15) is 4.79 Å². The van der Waals surface area contributed by atoms with E-state index >= 15 is 0 Å². The van der Waals surface area contributed by atoms with E-state index < -0.39 is 0 Å². The zero-order valence-corrected chi connectivity index (χ0v) is 11.4. The highest BCUT2D eigenvalue weighted by molar-refractivity contribution is 9.10. The van der Waals surface area contributed by atoms with Crippen LogP contribution in [0.3, 0.4) is 0 Å². The molecule has 5 heteroatoms. The number of aryl methyl sites for hydroxylation is 1. The standard InChI is InChI=1S/C12H12BrN3O/c1-7-12(13)8(2)16(15-7)11-6-10(9(3)17)4-5-14-11/h4-6H,1-3H3. The van der Waals surface area contributed by atoms with Crippen molar-refractivity contribution in [1.29, 1.82) is 0 Å². The maximum absolute atomic E-state index is 11.3. The molecular weight excluding hydrogens is 282 g/mol. The van der Waals surface area contributed by atoms with Crippen LogP contribution in [0.5, 0.6) is 0 Å². The third-order valence-electron chi connectivity index (χ3n) is 2.57. The Morgan fingerprint density at radius 1 is 1.41 bits per heavy atom. The molecule has 0 spiro atoms. The monoisotopic (exact) mass is 293 g/mol. The van der Waals surface area contributed by atoms with E-state index in [1.165, 1.54) is 6.92 Å². The minimum Gasteiger partial charge on any atom is -0.295 e. The molecule has 2 heterocycles. The number of Topliss-reactive ketones (excluding diaryl/α,β-unsaturated/α-hetero) is 1. The van der Waals surface area contributed by atoms with Crippen LogP contribution in [0.15, 0.2) is 22.8 Å². The van der Waals surface area contributed by atoms with Crippen molar-refractivity contribution in [2.45, 2.75) is 20.8 Å². The molecule has 0 N–H and O–H groups in total. The highest BCUT2D eigenvalue weighted by Gasteiger charge is 2.12. The van der Waals surface area contributed by atoms with E-state index in [1.807, 2.05) is 13.8 Å². The molecule has 2 rings (SSSR count). The first-order chi connectivity index (χ1) is 8.00. The Morgan fingerprint density at radius 3 is 2.65 bits per heavy atom. The second kappa shape index (κ2) is 4.41. The zero-order chi connectivity index (χ0) is 12.6. The lowest BCUT2D eigenvalue weighted by Crippen LogP contribution is -2.04. The lowest BCUT2D eigenvalue weighted by molar-refractivity contribution is 0.101. The van der Waals surface area contributed by atoms with Crippen LogP contribution in [0.4, 0.5) is 0 Å². The van der Waals surface area contributed by atoms with Crippen molar-refractivity contribution in [3.05, 3.63) is 39.8 Å². The zero-order valence-electron chi connectivity index (χ0n) is 9.86. The average molecular weight is 294 g/mol. The summed E-state index contributed by atoms with van der Waals surface area (Å²) in [5, 5.41) is 4.38. The normalized spacial score (nSPS) is 10.6. The van der Waals surface area contributed by atoms with Gasteiger partial charge in [0.2, 0.25) is 0 Å². The van der Waals surface area contributed by atoms with Crippen LogP contribution in [0.1, 0.15) is 28.7 Å². The van der Waals surface area contributed by atoms with Crippen molar-refractivity contribution < 1.29 is 4.79 Å². The second-order valence-corrected chi connectivity index (χ2v) is 4.65. The molecule has 0 amide bonds. The number of halogens is 1. The van der Waals surface area contributed by atoms with Gasteiger partial charge in [0.05, 0.1) is 15.9 Å². The van der Waals surface area contributed by atoms with E-state index in [1.54, 1.807) is 23.0 Å². The Kier molecular flexibility index (Phi) is 3.11. The summed E-state index contributed by atoms with van der Waals surface area (Å²) in [5.74, 6) is 0.679. The summed E-state index contributed by atoms with van der Waals surface area (Å²) in [4.78, 5) is 15.6. The van der Waals surface area contributed by atoms with E-state index in [2.05, 4.69) is 26.0 Å². The van der Waals surface area contributed by atoms with Gasteiger partial charge in [0.1, 0.15) is 0 Å². The Bertz CT molecular complexity index is 589. The van der Waals surface area contributed by atoms with Crippen LogP contribution in [0.2, 0.25) is 0 Å². The molecule has 0 saturated heterocycles. The molecule has 0 saturated carbocycles. The van der Waals surface area contributed by atoms with Crippen molar-refractivity contribution >= 4 is 21.7 Å². The van der Waals surface area contributed by atoms with Gasteiger partial charge in [0.15, 0.2) is 11.6 Å². The molecule has 2 aromatic rings. The van der Waals surface area contributed by atoms with Gasteiger partial charge in [-0.3, -0.25) is 4.79 Å². The minimum atomic E-state index is 0.0225. The van der Waals surface area contributed by atoms with Gasteiger partial charge in [-0.15, -0.1) is 0 Å². The van der Waals surface area contributed by atoms with Gasteiger partial charge >= 0.3 is 0 Å². The average Bonchev–Trinajstić information content (AvgIpc) is 2.57. The molecule has 0 bridgehead atoms. The van der Waals surface area contributed by atoms with Crippen molar-refractivity contribution in [2.75, 3.05) is 0 Å². The van der Waals surface area contributed by atoms with Crippen LogP contribution < -0.4 is 0 Å². The maximum Gasteiger partial charge on any atom is 0.159 e. The van der Waals surface area contributed by atoms with Crippen LogP contribution in [0, 0.1) is 13.8 Å². The molecule has 0 atom stereocenters. The lowest BCUT2D eigenvalue weighted by atomic mass is 10.2. The minimum absolute atomic E-state index is 0.0225. The van der Waals surface area contributed by atoms with E-state index in [4.69, 9.17) is 0 Å². The van der Waals surface area contributed by atoms with Gasteiger partial charge in [-0.25, -0.2) is 9.67 Å². The molecule has 0 unspecified atom stereocenters. The van der Waals surface area contributed by atoms with Gasteiger partial charge in [0.25, 0.3) is 0 Å². The summed E-state index contributed by atoms with van der Waals surface area (Å²) < 4.78 is 2.69. The molecule has 0 aliphatic carbocycles. The molecule has 4 nitrogen and oxygen atoms in total. The fourth-order valence-electron chi connectivity index (χ4n) is 1.60. The Morgan fingerprint density at radius 2 is 2.12 bits per heavy atom. The SMILES string of the molecule is CC(=O)c1ccnc(-n2nc(C)c(Br)c2C)c1. The first kappa shape index (κ1) is 12.0. The number of ketones is 1. The summed E-state index contributed by atoms with van der Waals surface area (Å²) in [5.41, 5.74) is 2.51. The van der Waals surface area contributed by atoms with Gasteiger partial charge < -0.3 is 0 Å². The Hall–Kier alpha value is -1.49. The maximum atomic E-state index is 11.3. The third kappa shape index (κ3) is 2.15. The fourth-order valence-corrected chi connectivity index (χ4v) is 1.85. The summed E-state index contributed by atoms with van der Waals surface area (Å²) in [6, 6.07) is 3.45.